The number of nitrogens with one attached hydrogen (secondary N) is 1. The maximum absolute atomic E-state index is 12.9. The number of anilines is 1. The Morgan fingerprint density at radius 2 is 1.74 bits per heavy atom. The highest BCUT2D eigenvalue weighted by Crippen LogP contribution is 2.24. The summed E-state index contributed by atoms with van der Waals surface area (Å²) in [6, 6.07) is 17.1. The molecule has 2 aromatic carbocycles. The number of esters is 1. The van der Waals surface area contributed by atoms with Crippen molar-refractivity contribution >= 4 is 28.5 Å². The number of hydrogen-bond donors (Lipinski definition) is 1. The van der Waals surface area contributed by atoms with Gasteiger partial charge in [-0.3, -0.25) is 9.78 Å². The Balaban J connectivity index is 1.49. The van der Waals surface area contributed by atoms with Crippen LogP contribution in [0.4, 0.5) is 5.69 Å². The van der Waals surface area contributed by atoms with Crippen LogP contribution in [0.5, 0.6) is 0 Å². The Morgan fingerprint density at radius 3 is 2.44 bits per heavy atom. The molecule has 2 aromatic heterocycles. The molecule has 0 aliphatic carbocycles. The maximum Gasteiger partial charge on any atom is 0.339 e. The standard InChI is InChI=1S/C27H28N4O3/c1-16(2)24-14-22(21-8-6-7-9-23(21)28-24)27(33)34-15-25(32)29-26-18(4)30-31(19(26)5)20-12-10-17(3)11-13-20/h6-14,16H,15H2,1-5H3,(H,29,32). The van der Waals surface area contributed by atoms with E-state index in [-0.39, 0.29) is 5.92 Å². The zero-order valence-corrected chi connectivity index (χ0v) is 20.0. The molecule has 0 aliphatic heterocycles. The van der Waals surface area contributed by atoms with Crippen molar-refractivity contribution in [3.63, 3.8) is 0 Å². The summed E-state index contributed by atoms with van der Waals surface area (Å²) < 4.78 is 7.17. The summed E-state index contributed by atoms with van der Waals surface area (Å²) in [5, 5.41) is 8.09. The molecular formula is C27H28N4O3. The van der Waals surface area contributed by atoms with Crippen LogP contribution in [0.1, 0.15) is 52.8 Å². The molecule has 1 N–H and O–H groups in total. The van der Waals surface area contributed by atoms with E-state index in [0.29, 0.717) is 22.3 Å². The molecule has 174 valence electrons. The zero-order valence-electron chi connectivity index (χ0n) is 20.0. The third kappa shape index (κ3) is 4.69. The summed E-state index contributed by atoms with van der Waals surface area (Å²) in [6.07, 6.45) is 0. The predicted molar refractivity (Wildman–Crippen MR) is 133 cm³/mol. The van der Waals surface area contributed by atoms with Crippen LogP contribution in [-0.2, 0) is 9.53 Å². The lowest BCUT2D eigenvalue weighted by Gasteiger charge is -2.12. The van der Waals surface area contributed by atoms with Gasteiger partial charge >= 0.3 is 5.97 Å². The summed E-state index contributed by atoms with van der Waals surface area (Å²) >= 11 is 0. The lowest BCUT2D eigenvalue weighted by atomic mass is 10.0. The molecule has 0 aliphatic rings. The lowest BCUT2D eigenvalue weighted by molar-refractivity contribution is -0.119. The fraction of sp³-hybridized carbons (Fsp3) is 0.259. The number of carbonyl (C=O) groups excluding carboxylic acids is 2. The molecule has 0 spiro atoms. The van der Waals surface area contributed by atoms with Gasteiger partial charge in [-0.1, -0.05) is 49.7 Å². The number of aromatic nitrogens is 3. The Kier molecular flexibility index (Phi) is 6.45. The number of benzene rings is 2. The summed E-state index contributed by atoms with van der Waals surface area (Å²) in [5.74, 6) is -0.833. The smallest absolute Gasteiger partial charge is 0.339 e. The number of amides is 1. The Hall–Kier alpha value is -4.00. The molecule has 0 bridgehead atoms. The van der Waals surface area contributed by atoms with Crippen LogP contribution in [0.2, 0.25) is 0 Å². The van der Waals surface area contributed by atoms with E-state index in [1.165, 1.54) is 0 Å². The van der Waals surface area contributed by atoms with E-state index in [1.54, 1.807) is 10.7 Å². The van der Waals surface area contributed by atoms with Crippen molar-refractivity contribution in [1.82, 2.24) is 14.8 Å². The molecular weight excluding hydrogens is 428 g/mol. The second kappa shape index (κ2) is 9.47. The van der Waals surface area contributed by atoms with E-state index in [1.807, 2.05) is 83.1 Å². The first-order valence-corrected chi connectivity index (χ1v) is 11.2. The Labute approximate surface area is 198 Å². The Morgan fingerprint density at radius 1 is 1.03 bits per heavy atom. The summed E-state index contributed by atoms with van der Waals surface area (Å²) in [4.78, 5) is 30.2. The molecule has 7 heteroatoms. The molecule has 0 atom stereocenters. The summed E-state index contributed by atoms with van der Waals surface area (Å²) in [6.45, 7) is 9.37. The molecule has 0 saturated heterocycles. The van der Waals surface area contributed by atoms with Crippen molar-refractivity contribution in [3.05, 3.63) is 82.8 Å². The molecule has 34 heavy (non-hydrogen) atoms. The van der Waals surface area contributed by atoms with Gasteiger partial charge in [0.05, 0.1) is 33.8 Å². The molecule has 4 rings (SSSR count). The van der Waals surface area contributed by atoms with E-state index in [9.17, 15) is 9.59 Å². The number of pyridine rings is 1. The van der Waals surface area contributed by atoms with Gasteiger partial charge < -0.3 is 10.1 Å². The van der Waals surface area contributed by atoms with Crippen molar-refractivity contribution < 1.29 is 14.3 Å². The summed E-state index contributed by atoms with van der Waals surface area (Å²) in [7, 11) is 0. The maximum atomic E-state index is 12.9. The normalized spacial score (nSPS) is 11.1. The van der Waals surface area contributed by atoms with Crippen LogP contribution < -0.4 is 5.32 Å². The minimum Gasteiger partial charge on any atom is -0.452 e. The summed E-state index contributed by atoms with van der Waals surface area (Å²) in [5.41, 5.74) is 6.07. The van der Waals surface area contributed by atoms with Crippen LogP contribution in [0.3, 0.4) is 0 Å². The van der Waals surface area contributed by atoms with Crippen LogP contribution in [-0.4, -0.2) is 33.2 Å². The van der Waals surface area contributed by atoms with Gasteiger partial charge in [0.1, 0.15) is 0 Å². The molecule has 1 amide bonds. The zero-order chi connectivity index (χ0) is 24.4. The second-order valence-corrected chi connectivity index (χ2v) is 8.68. The average molecular weight is 457 g/mol. The number of nitrogens with zero attached hydrogens (tertiary/aromatic N) is 3. The van der Waals surface area contributed by atoms with Gasteiger partial charge in [-0.15, -0.1) is 0 Å². The molecule has 0 unspecified atom stereocenters. The SMILES string of the molecule is Cc1ccc(-n2nc(C)c(NC(=O)COC(=O)c3cc(C(C)C)nc4ccccc34)c2C)cc1. The van der Waals surface area contributed by atoms with E-state index >= 15 is 0 Å². The first kappa shape index (κ1) is 23.2. The third-order valence-corrected chi connectivity index (χ3v) is 5.72. The van der Waals surface area contributed by atoms with Gasteiger partial charge in [0, 0.05) is 11.1 Å². The van der Waals surface area contributed by atoms with E-state index in [4.69, 9.17) is 4.74 Å². The number of rotatable bonds is 6. The van der Waals surface area contributed by atoms with Crippen molar-refractivity contribution in [2.24, 2.45) is 0 Å². The monoisotopic (exact) mass is 456 g/mol. The number of aryl methyl sites for hydroxylation is 2. The van der Waals surface area contributed by atoms with Crippen LogP contribution >= 0.6 is 0 Å². The number of para-hydroxylation sites is 1. The minimum atomic E-state index is -0.556. The van der Waals surface area contributed by atoms with Crippen molar-refractivity contribution in [2.75, 3.05) is 11.9 Å². The fourth-order valence-electron chi connectivity index (χ4n) is 3.81. The van der Waals surface area contributed by atoms with Crippen molar-refractivity contribution in [1.29, 1.82) is 0 Å². The third-order valence-electron chi connectivity index (χ3n) is 5.72. The topological polar surface area (TPSA) is 86.1 Å². The van der Waals surface area contributed by atoms with Gasteiger partial charge in [-0.25, -0.2) is 9.48 Å². The molecule has 0 radical (unpaired) electrons. The van der Waals surface area contributed by atoms with Gasteiger partial charge in [-0.2, -0.15) is 5.10 Å². The second-order valence-electron chi connectivity index (χ2n) is 8.68. The largest absolute Gasteiger partial charge is 0.452 e. The van der Waals surface area contributed by atoms with Crippen molar-refractivity contribution in [2.45, 2.75) is 40.5 Å². The fourth-order valence-corrected chi connectivity index (χ4v) is 3.81. The first-order chi connectivity index (χ1) is 16.2. The highest BCUT2D eigenvalue weighted by Gasteiger charge is 2.19. The minimum absolute atomic E-state index is 0.149. The van der Waals surface area contributed by atoms with Crippen LogP contribution in [0.25, 0.3) is 16.6 Å². The predicted octanol–water partition coefficient (Wildman–Crippen LogP) is 5.26. The first-order valence-electron chi connectivity index (χ1n) is 11.2. The molecule has 0 saturated carbocycles. The van der Waals surface area contributed by atoms with Gasteiger partial charge in [0.2, 0.25) is 0 Å². The molecule has 2 heterocycles. The van der Waals surface area contributed by atoms with Crippen LogP contribution in [0, 0.1) is 20.8 Å². The lowest BCUT2D eigenvalue weighted by Crippen LogP contribution is -2.22. The molecule has 0 fully saturated rings. The van der Waals surface area contributed by atoms with E-state index in [2.05, 4.69) is 15.4 Å². The quantitative estimate of drug-likeness (QED) is 0.400. The van der Waals surface area contributed by atoms with Gasteiger partial charge in [0.15, 0.2) is 6.61 Å². The number of hydrogen-bond acceptors (Lipinski definition) is 5. The van der Waals surface area contributed by atoms with Crippen LogP contribution in [0.15, 0.2) is 54.6 Å². The van der Waals surface area contributed by atoms with Gasteiger partial charge in [-0.05, 0) is 51.0 Å². The number of carbonyl (C=O) groups is 2. The molecule has 4 aromatic rings. The van der Waals surface area contributed by atoms with E-state index < -0.39 is 18.5 Å². The van der Waals surface area contributed by atoms with E-state index in [0.717, 1.165) is 28.2 Å². The average Bonchev–Trinajstić information content (AvgIpc) is 3.10. The highest BCUT2D eigenvalue weighted by molar-refractivity contribution is 6.04. The highest BCUT2D eigenvalue weighted by atomic mass is 16.5. The van der Waals surface area contributed by atoms with Crippen molar-refractivity contribution in [3.8, 4) is 5.69 Å². The Bertz CT molecular complexity index is 1370. The number of ether oxygens (including phenoxy) is 1. The molecule has 7 nitrogen and oxygen atoms in total. The number of fused-ring (bicyclic) bond motifs is 1. The van der Waals surface area contributed by atoms with Gasteiger partial charge in [0.25, 0.3) is 5.91 Å².